The molecule has 142 valence electrons. The van der Waals surface area contributed by atoms with Gasteiger partial charge in [0.25, 0.3) is 5.92 Å². The Morgan fingerprint density at radius 2 is 2.19 bits per heavy atom. The van der Waals surface area contributed by atoms with Crippen LogP contribution in [0.1, 0.15) is 11.3 Å². The molecule has 1 unspecified atom stereocenters. The lowest BCUT2D eigenvalue weighted by Gasteiger charge is -2.26. The number of nitrogens with one attached hydrogen (secondary N) is 1. The zero-order chi connectivity index (χ0) is 19.3. The van der Waals surface area contributed by atoms with Crippen molar-refractivity contribution in [3.63, 3.8) is 0 Å². The van der Waals surface area contributed by atoms with Gasteiger partial charge in [-0.3, -0.25) is 4.98 Å². The van der Waals surface area contributed by atoms with Gasteiger partial charge in [0.1, 0.15) is 11.7 Å². The van der Waals surface area contributed by atoms with E-state index in [-0.39, 0.29) is 19.1 Å². The van der Waals surface area contributed by atoms with Crippen LogP contribution in [0.3, 0.4) is 0 Å². The minimum Gasteiger partial charge on any atom is -0.403 e. The second kappa shape index (κ2) is 8.54. The molecule has 0 aliphatic carbocycles. The van der Waals surface area contributed by atoms with Crippen molar-refractivity contribution in [2.75, 3.05) is 24.6 Å². The molecule has 1 aromatic heterocycles. The largest absolute Gasteiger partial charge is 0.403 e. The van der Waals surface area contributed by atoms with Crippen LogP contribution in [-0.2, 0) is 6.42 Å². The summed E-state index contributed by atoms with van der Waals surface area (Å²) in [4.78, 5) is 5.51. The number of alkyl halides is 2. The van der Waals surface area contributed by atoms with E-state index in [4.69, 9.17) is 5.73 Å². The van der Waals surface area contributed by atoms with E-state index in [9.17, 15) is 17.6 Å². The molecular weight excluding hydrogens is 367 g/mol. The number of anilines is 1. The molecule has 0 spiro atoms. The van der Waals surface area contributed by atoms with E-state index in [1.165, 1.54) is 17.3 Å². The molecule has 1 aliphatic heterocycles. The molecule has 0 radical (unpaired) electrons. The molecule has 0 saturated carbocycles. The van der Waals surface area contributed by atoms with Crippen LogP contribution in [0.15, 0.2) is 48.1 Å². The normalized spacial score (nSPS) is 15.6. The third-order valence-corrected chi connectivity index (χ3v) is 4.38. The summed E-state index contributed by atoms with van der Waals surface area (Å²) in [5.41, 5.74) is 7.78. The number of nitrogens with two attached hydrogens (primary N) is 1. The van der Waals surface area contributed by atoms with Crippen LogP contribution in [0.25, 0.3) is 0 Å². The van der Waals surface area contributed by atoms with E-state index < -0.39 is 24.1 Å². The van der Waals surface area contributed by atoms with E-state index >= 15 is 0 Å². The lowest BCUT2D eigenvalue weighted by molar-refractivity contribution is 0.0420. The van der Waals surface area contributed by atoms with Crippen LogP contribution < -0.4 is 11.1 Å². The highest BCUT2D eigenvalue weighted by molar-refractivity contribution is 7.16. The van der Waals surface area contributed by atoms with Gasteiger partial charge in [-0.05, 0) is 18.6 Å². The van der Waals surface area contributed by atoms with Crippen molar-refractivity contribution in [3.05, 3.63) is 59.3 Å². The maximum atomic E-state index is 13.5. The Kier molecular flexibility index (Phi) is 6.64. The first-order valence-electron chi connectivity index (χ1n) is 7.92. The van der Waals surface area contributed by atoms with Crippen molar-refractivity contribution in [2.45, 2.75) is 19.3 Å². The van der Waals surface area contributed by atoms with Gasteiger partial charge in [0.15, 0.2) is 0 Å². The number of allylic oxidation sites excluding steroid dienone is 3. The first-order chi connectivity index (χ1) is 12.2. The zero-order valence-electron chi connectivity index (χ0n) is 14.3. The molecule has 0 aromatic carbocycles. The Morgan fingerprint density at radius 1 is 1.46 bits per heavy atom. The Hall–Kier alpha value is -2.08. The molecule has 1 atom stereocenters. The fraction of sp³-hybridized carbons (Fsp3) is 0.353. The topological polar surface area (TPSA) is 54.2 Å². The summed E-state index contributed by atoms with van der Waals surface area (Å²) in [5, 5.41) is 2.73. The number of aromatic nitrogens is 1. The summed E-state index contributed by atoms with van der Waals surface area (Å²) in [7, 11) is 2.02. The molecule has 2 heterocycles. The highest BCUT2D eigenvalue weighted by atomic mass is 31.0. The highest BCUT2D eigenvalue weighted by Crippen LogP contribution is 2.26. The quantitative estimate of drug-likeness (QED) is 0.553. The van der Waals surface area contributed by atoms with Gasteiger partial charge < -0.3 is 16.0 Å². The number of halogens is 4. The van der Waals surface area contributed by atoms with Crippen LogP contribution in [0, 0.1) is 6.92 Å². The number of nitrogens with zero attached hydrogens (tertiary/aromatic N) is 2. The van der Waals surface area contributed by atoms with Crippen molar-refractivity contribution in [3.8, 4) is 0 Å². The smallest absolute Gasteiger partial charge is 0.268 e. The fourth-order valence-corrected chi connectivity index (χ4v) is 2.56. The van der Waals surface area contributed by atoms with Crippen LogP contribution >= 0.6 is 9.24 Å². The van der Waals surface area contributed by atoms with Gasteiger partial charge in [-0.25, -0.2) is 17.6 Å². The Bertz CT molecular complexity index is 746. The highest BCUT2D eigenvalue weighted by Gasteiger charge is 2.26. The molecule has 26 heavy (non-hydrogen) atoms. The Labute approximate surface area is 152 Å². The summed E-state index contributed by atoms with van der Waals surface area (Å²) in [6.45, 7) is 1.05. The predicted octanol–water partition coefficient (Wildman–Crippen LogP) is 3.63. The summed E-state index contributed by atoms with van der Waals surface area (Å²) in [6.07, 6.45) is 4.53. The molecule has 2 rings (SSSR count). The van der Waals surface area contributed by atoms with Crippen molar-refractivity contribution in [1.29, 1.82) is 0 Å². The maximum Gasteiger partial charge on any atom is 0.268 e. The third-order valence-electron chi connectivity index (χ3n) is 3.79. The number of aryl methyl sites for hydroxylation is 1. The number of hydrogen-bond donors (Lipinski definition) is 2. The SMILES string of the molecule is Cc1cc(NCC(F)(F)CP)c(C/C(=C/N)N2C=C(F)C=C(F)C2)cn1. The van der Waals surface area contributed by atoms with Gasteiger partial charge in [0.2, 0.25) is 0 Å². The van der Waals surface area contributed by atoms with Gasteiger partial charge in [-0.15, -0.1) is 9.24 Å². The van der Waals surface area contributed by atoms with E-state index in [1.54, 1.807) is 13.0 Å². The van der Waals surface area contributed by atoms with Gasteiger partial charge in [0, 0.05) is 54.3 Å². The summed E-state index contributed by atoms with van der Waals surface area (Å²) >= 11 is 0. The van der Waals surface area contributed by atoms with Crippen LogP contribution in [0.5, 0.6) is 0 Å². The molecule has 1 aliphatic rings. The standard InChI is InChI=1S/C17H21F4N4P/c1-11-2-16(24-9-17(20,21)10-26)12(6-23-11)3-15(5-22)25-7-13(18)4-14(19)8-25/h2,4-7H,3,8-10,22,26H2,1H3,(H,23,24)/b15-5-. The number of rotatable bonds is 7. The molecule has 0 fully saturated rings. The molecule has 0 amide bonds. The van der Waals surface area contributed by atoms with Crippen LogP contribution in [0.4, 0.5) is 23.2 Å². The second-order valence-electron chi connectivity index (χ2n) is 5.96. The minimum atomic E-state index is -2.88. The zero-order valence-corrected chi connectivity index (χ0v) is 15.4. The first-order valence-corrected chi connectivity index (χ1v) is 8.74. The van der Waals surface area contributed by atoms with E-state index in [1.807, 2.05) is 9.24 Å². The average Bonchev–Trinajstić information content (AvgIpc) is 2.58. The second-order valence-corrected chi connectivity index (χ2v) is 6.37. The van der Waals surface area contributed by atoms with Crippen molar-refractivity contribution in [2.24, 2.45) is 5.73 Å². The van der Waals surface area contributed by atoms with Crippen molar-refractivity contribution >= 4 is 14.9 Å². The van der Waals surface area contributed by atoms with Crippen LogP contribution in [0.2, 0.25) is 0 Å². The average molecular weight is 388 g/mol. The first kappa shape index (κ1) is 20.2. The summed E-state index contributed by atoms with van der Waals surface area (Å²) in [5.74, 6) is -4.24. The van der Waals surface area contributed by atoms with Crippen LogP contribution in [-0.4, -0.2) is 35.1 Å². The third kappa shape index (κ3) is 5.46. The Balaban J connectivity index is 2.21. The molecule has 0 saturated heterocycles. The van der Waals surface area contributed by atoms with E-state index in [0.29, 0.717) is 22.6 Å². The van der Waals surface area contributed by atoms with Crippen molar-refractivity contribution < 1.29 is 17.6 Å². The molecule has 9 heteroatoms. The minimum absolute atomic E-state index is 0.149. The number of pyridine rings is 1. The molecule has 0 bridgehead atoms. The Morgan fingerprint density at radius 3 is 2.81 bits per heavy atom. The van der Waals surface area contributed by atoms with Gasteiger partial charge in [-0.2, -0.15) is 0 Å². The number of hydrogen-bond acceptors (Lipinski definition) is 4. The van der Waals surface area contributed by atoms with E-state index in [0.717, 1.165) is 12.3 Å². The summed E-state index contributed by atoms with van der Waals surface area (Å²) in [6, 6.07) is 1.65. The van der Waals surface area contributed by atoms with Gasteiger partial charge >= 0.3 is 0 Å². The molecule has 1 aromatic rings. The molecular formula is C17H21F4N4P. The van der Waals surface area contributed by atoms with Crippen molar-refractivity contribution in [1.82, 2.24) is 9.88 Å². The predicted molar refractivity (Wildman–Crippen MR) is 98.1 cm³/mol. The summed E-state index contributed by atoms with van der Waals surface area (Å²) < 4.78 is 54.1. The fourth-order valence-electron chi connectivity index (χ4n) is 2.42. The van der Waals surface area contributed by atoms with E-state index in [2.05, 4.69) is 10.3 Å². The lowest BCUT2D eigenvalue weighted by Crippen LogP contribution is -2.29. The lowest BCUT2D eigenvalue weighted by atomic mass is 10.1. The van der Waals surface area contributed by atoms with Gasteiger partial charge in [-0.1, -0.05) is 0 Å². The maximum absolute atomic E-state index is 13.5. The molecule has 4 nitrogen and oxygen atoms in total. The van der Waals surface area contributed by atoms with Gasteiger partial charge in [0.05, 0.1) is 13.1 Å². The monoisotopic (exact) mass is 388 g/mol. The molecule has 3 N–H and O–H groups in total.